The molecule has 0 unspecified atom stereocenters. The van der Waals surface area contributed by atoms with Gasteiger partial charge in [-0.05, 0) is 74.6 Å². The molecular formula is C32H41BrN4O2. The predicted molar refractivity (Wildman–Crippen MR) is 162 cm³/mol. The van der Waals surface area contributed by atoms with Crippen molar-refractivity contribution in [2.24, 2.45) is 0 Å². The Bertz CT molecular complexity index is 1230. The first-order valence-corrected chi connectivity index (χ1v) is 15.0. The van der Waals surface area contributed by atoms with E-state index in [1.54, 1.807) is 4.90 Å². The average molecular weight is 594 g/mol. The zero-order chi connectivity index (χ0) is 27.8. The second-order valence-electron chi connectivity index (χ2n) is 10.7. The fourth-order valence-electron chi connectivity index (χ4n) is 5.38. The second kappa shape index (κ2) is 13.8. The Kier molecular flexibility index (Phi) is 10.3. The fraction of sp³-hybridized carbons (Fsp3) is 0.438. The molecule has 39 heavy (non-hydrogen) atoms. The SMILES string of the molecule is CCc1ccccc1NC(=O)N(CC(=O)N(Cc1cccn1Cc1ccc(Br)cc1)C1CCCCC1)C(C)C. The number of aryl methyl sites for hydroxylation is 1. The molecule has 1 aliphatic carbocycles. The summed E-state index contributed by atoms with van der Waals surface area (Å²) in [6.07, 6.45) is 8.42. The van der Waals surface area contributed by atoms with Crippen LogP contribution in [0.25, 0.3) is 0 Å². The maximum atomic E-state index is 14.0. The standard InChI is InChI=1S/C32H41BrN4O2/c1-4-26-11-8-9-15-30(26)34-32(39)36(24(2)3)23-31(38)37(28-12-6-5-7-13-28)22-29-14-10-20-35(29)21-25-16-18-27(33)19-17-25/h8-11,14-20,24,28H,4-7,12-13,21-23H2,1-3H3,(H,34,39). The van der Waals surface area contributed by atoms with Crippen LogP contribution >= 0.6 is 15.9 Å². The van der Waals surface area contributed by atoms with Crippen molar-refractivity contribution >= 4 is 33.6 Å². The molecule has 1 fully saturated rings. The van der Waals surface area contributed by atoms with E-state index in [-0.39, 0.29) is 30.6 Å². The first kappa shape index (κ1) is 28.9. The van der Waals surface area contributed by atoms with Gasteiger partial charge in [0.25, 0.3) is 0 Å². The summed E-state index contributed by atoms with van der Waals surface area (Å²) in [4.78, 5) is 31.0. The van der Waals surface area contributed by atoms with Crippen LogP contribution in [0.3, 0.4) is 0 Å². The third-order valence-electron chi connectivity index (χ3n) is 7.69. The average Bonchev–Trinajstić information content (AvgIpc) is 3.38. The van der Waals surface area contributed by atoms with Crippen molar-refractivity contribution in [3.8, 4) is 0 Å². The number of rotatable bonds is 10. The highest BCUT2D eigenvalue weighted by atomic mass is 79.9. The van der Waals surface area contributed by atoms with Crippen LogP contribution in [0.2, 0.25) is 0 Å². The number of urea groups is 1. The van der Waals surface area contributed by atoms with Crippen molar-refractivity contribution in [2.75, 3.05) is 11.9 Å². The summed E-state index contributed by atoms with van der Waals surface area (Å²) < 4.78 is 3.28. The number of amides is 3. The number of carbonyl (C=O) groups is 2. The molecule has 0 aliphatic heterocycles. The molecule has 7 heteroatoms. The number of nitrogens with one attached hydrogen (secondary N) is 1. The number of nitrogens with zero attached hydrogens (tertiary/aromatic N) is 3. The molecular weight excluding hydrogens is 552 g/mol. The van der Waals surface area contributed by atoms with Crippen LogP contribution in [0.1, 0.15) is 69.7 Å². The number of carbonyl (C=O) groups excluding carboxylic acids is 2. The molecule has 0 atom stereocenters. The lowest BCUT2D eigenvalue weighted by atomic mass is 9.94. The first-order chi connectivity index (χ1) is 18.9. The van der Waals surface area contributed by atoms with Crippen LogP contribution in [0.15, 0.2) is 71.3 Å². The first-order valence-electron chi connectivity index (χ1n) is 14.2. The zero-order valence-electron chi connectivity index (χ0n) is 23.4. The number of hydrogen-bond acceptors (Lipinski definition) is 2. The van der Waals surface area contributed by atoms with Gasteiger partial charge in [0.15, 0.2) is 0 Å². The summed E-state index contributed by atoms with van der Waals surface area (Å²) >= 11 is 3.51. The normalized spacial score (nSPS) is 13.9. The van der Waals surface area contributed by atoms with Gasteiger partial charge in [0, 0.05) is 40.7 Å². The lowest BCUT2D eigenvalue weighted by Crippen LogP contribution is -2.50. The Morgan fingerprint density at radius 2 is 1.72 bits per heavy atom. The monoisotopic (exact) mass is 592 g/mol. The van der Waals surface area contributed by atoms with E-state index in [1.165, 1.54) is 12.0 Å². The third kappa shape index (κ3) is 7.75. The van der Waals surface area contributed by atoms with Crippen molar-refractivity contribution in [3.63, 3.8) is 0 Å². The zero-order valence-corrected chi connectivity index (χ0v) is 25.0. The lowest BCUT2D eigenvalue weighted by molar-refractivity contribution is -0.136. The van der Waals surface area contributed by atoms with E-state index in [0.29, 0.717) is 6.54 Å². The molecule has 1 heterocycles. The van der Waals surface area contributed by atoms with E-state index in [9.17, 15) is 9.59 Å². The smallest absolute Gasteiger partial charge is 0.322 e. The fourth-order valence-corrected chi connectivity index (χ4v) is 5.65. The number of halogens is 1. The maximum Gasteiger partial charge on any atom is 0.322 e. The minimum absolute atomic E-state index is 0.00548. The molecule has 0 radical (unpaired) electrons. The maximum absolute atomic E-state index is 14.0. The van der Waals surface area contributed by atoms with Crippen molar-refractivity contribution in [1.82, 2.24) is 14.4 Å². The van der Waals surface area contributed by atoms with Crippen molar-refractivity contribution in [2.45, 2.75) is 84.5 Å². The summed E-state index contributed by atoms with van der Waals surface area (Å²) in [6, 6.07) is 20.2. The van der Waals surface area contributed by atoms with Crippen LogP contribution in [-0.4, -0.2) is 44.9 Å². The molecule has 1 aromatic heterocycles. The number of benzene rings is 2. The Balaban J connectivity index is 1.52. The molecule has 208 valence electrons. The van der Waals surface area contributed by atoms with Crippen molar-refractivity contribution in [1.29, 1.82) is 0 Å². The van der Waals surface area contributed by atoms with Crippen LogP contribution < -0.4 is 5.32 Å². The summed E-state index contributed by atoms with van der Waals surface area (Å²) in [6.45, 7) is 7.35. The summed E-state index contributed by atoms with van der Waals surface area (Å²) in [7, 11) is 0. The van der Waals surface area contributed by atoms with E-state index in [4.69, 9.17) is 0 Å². The van der Waals surface area contributed by atoms with Crippen LogP contribution in [0, 0.1) is 0 Å². The number of anilines is 1. The van der Waals surface area contributed by atoms with Gasteiger partial charge in [0.1, 0.15) is 6.54 Å². The molecule has 2 aromatic carbocycles. The Hall–Kier alpha value is -3.06. The van der Waals surface area contributed by atoms with Gasteiger partial charge in [-0.3, -0.25) is 4.79 Å². The molecule has 3 amide bonds. The van der Waals surface area contributed by atoms with Gasteiger partial charge >= 0.3 is 6.03 Å². The molecule has 0 bridgehead atoms. The van der Waals surface area contributed by atoms with Crippen molar-refractivity contribution < 1.29 is 9.59 Å². The van der Waals surface area contributed by atoms with Gasteiger partial charge in [-0.25, -0.2) is 4.79 Å². The van der Waals surface area contributed by atoms with Crippen molar-refractivity contribution in [3.05, 3.63) is 88.2 Å². The van der Waals surface area contributed by atoms with E-state index >= 15 is 0 Å². The molecule has 1 saturated carbocycles. The Morgan fingerprint density at radius 3 is 2.41 bits per heavy atom. The summed E-state index contributed by atoms with van der Waals surface area (Å²) in [5, 5.41) is 3.06. The highest BCUT2D eigenvalue weighted by Gasteiger charge is 2.30. The molecule has 0 saturated heterocycles. The number of para-hydroxylation sites is 1. The van der Waals surface area contributed by atoms with E-state index in [2.05, 4.69) is 75.3 Å². The Morgan fingerprint density at radius 1 is 1.00 bits per heavy atom. The minimum atomic E-state index is -0.235. The van der Waals surface area contributed by atoms with Gasteiger partial charge in [0.2, 0.25) is 5.91 Å². The number of aromatic nitrogens is 1. The molecule has 1 N–H and O–H groups in total. The molecule has 6 nitrogen and oxygen atoms in total. The quantitative estimate of drug-likeness (QED) is 0.265. The Labute approximate surface area is 241 Å². The highest BCUT2D eigenvalue weighted by molar-refractivity contribution is 9.10. The minimum Gasteiger partial charge on any atom is -0.345 e. The van der Waals surface area contributed by atoms with Gasteiger partial charge in [-0.2, -0.15) is 0 Å². The molecule has 4 rings (SSSR count). The second-order valence-corrected chi connectivity index (χ2v) is 11.6. The van der Waals surface area contributed by atoms with E-state index in [0.717, 1.165) is 60.1 Å². The van der Waals surface area contributed by atoms with E-state index in [1.807, 2.05) is 43.0 Å². The topological polar surface area (TPSA) is 57.6 Å². The summed E-state index contributed by atoms with van der Waals surface area (Å²) in [5.41, 5.74) is 4.20. The van der Waals surface area contributed by atoms with Crippen LogP contribution in [0.5, 0.6) is 0 Å². The highest BCUT2D eigenvalue weighted by Crippen LogP contribution is 2.25. The van der Waals surface area contributed by atoms with E-state index < -0.39 is 0 Å². The van der Waals surface area contributed by atoms with Gasteiger partial charge in [0.05, 0.1) is 6.54 Å². The van der Waals surface area contributed by atoms with Crippen LogP contribution in [-0.2, 0) is 24.3 Å². The molecule has 0 spiro atoms. The molecule has 3 aromatic rings. The number of hydrogen-bond donors (Lipinski definition) is 1. The lowest BCUT2D eigenvalue weighted by Gasteiger charge is -2.37. The summed E-state index contributed by atoms with van der Waals surface area (Å²) in [5.74, 6) is 0.00548. The van der Waals surface area contributed by atoms with Crippen LogP contribution in [0.4, 0.5) is 10.5 Å². The largest absolute Gasteiger partial charge is 0.345 e. The van der Waals surface area contributed by atoms with Gasteiger partial charge < -0.3 is 19.7 Å². The predicted octanol–water partition coefficient (Wildman–Crippen LogP) is 7.47. The van der Waals surface area contributed by atoms with Gasteiger partial charge in [-0.1, -0.05) is 72.4 Å². The third-order valence-corrected chi connectivity index (χ3v) is 8.22. The molecule has 1 aliphatic rings. The van der Waals surface area contributed by atoms with Gasteiger partial charge in [-0.15, -0.1) is 0 Å².